The van der Waals surface area contributed by atoms with Crippen LogP contribution in [0.5, 0.6) is 0 Å². The molecule has 2 N–H and O–H groups in total. The maximum Gasteiger partial charge on any atom is 0.191 e. The fourth-order valence-electron chi connectivity index (χ4n) is 2.36. The van der Waals surface area contributed by atoms with Gasteiger partial charge in [-0.2, -0.15) is 11.8 Å². The van der Waals surface area contributed by atoms with Gasteiger partial charge in [-0.3, -0.25) is 4.99 Å². The Hall–Kier alpha value is 0.310. The van der Waals surface area contributed by atoms with Crippen molar-refractivity contribution in [2.75, 3.05) is 51.3 Å². The molecule has 0 spiro atoms. The van der Waals surface area contributed by atoms with E-state index in [1.54, 1.807) is 0 Å². The third-order valence-corrected chi connectivity index (χ3v) is 4.63. The van der Waals surface area contributed by atoms with Crippen LogP contribution in [0.3, 0.4) is 0 Å². The number of thioether (sulfide) groups is 1. The van der Waals surface area contributed by atoms with E-state index in [9.17, 15) is 0 Å². The third-order valence-electron chi connectivity index (χ3n) is 3.68. The summed E-state index contributed by atoms with van der Waals surface area (Å²) in [5.74, 6) is 3.88. The number of guanidine groups is 1. The summed E-state index contributed by atoms with van der Waals surface area (Å²) in [4.78, 5) is 9.21. The summed E-state index contributed by atoms with van der Waals surface area (Å²) in [6, 6.07) is 0. The zero-order chi connectivity index (χ0) is 12.1. The maximum absolute atomic E-state index is 6.05. The molecular formula is C12H25IN4S. The molecule has 2 aliphatic heterocycles. The lowest BCUT2D eigenvalue weighted by Gasteiger charge is -2.29. The molecule has 0 atom stereocenters. The van der Waals surface area contributed by atoms with Crippen molar-refractivity contribution in [2.45, 2.75) is 12.8 Å². The number of nitrogens with zero attached hydrogens (tertiary/aromatic N) is 3. The molecular weight excluding hydrogens is 359 g/mol. The van der Waals surface area contributed by atoms with E-state index in [0.717, 1.165) is 31.5 Å². The normalized spacial score (nSPS) is 23.8. The summed E-state index contributed by atoms with van der Waals surface area (Å²) in [5, 5.41) is 0. The van der Waals surface area contributed by atoms with Crippen molar-refractivity contribution in [3.8, 4) is 0 Å². The smallest absolute Gasteiger partial charge is 0.191 e. The number of aliphatic imine (C=N–C) groups is 1. The highest BCUT2D eigenvalue weighted by atomic mass is 127. The number of hydrogen-bond donors (Lipinski definition) is 1. The van der Waals surface area contributed by atoms with Gasteiger partial charge in [-0.1, -0.05) is 0 Å². The Labute approximate surface area is 132 Å². The van der Waals surface area contributed by atoms with Gasteiger partial charge in [0.1, 0.15) is 0 Å². The highest BCUT2D eigenvalue weighted by Gasteiger charge is 2.17. The Morgan fingerprint density at radius 2 is 1.83 bits per heavy atom. The highest BCUT2D eigenvalue weighted by molar-refractivity contribution is 14.0. The summed E-state index contributed by atoms with van der Waals surface area (Å²) < 4.78 is 0. The monoisotopic (exact) mass is 384 g/mol. The van der Waals surface area contributed by atoms with Crippen LogP contribution < -0.4 is 5.73 Å². The van der Waals surface area contributed by atoms with Crippen LogP contribution in [-0.2, 0) is 0 Å². The summed E-state index contributed by atoms with van der Waals surface area (Å²) in [6.07, 6.45) is 2.53. The molecule has 0 aliphatic carbocycles. The average molecular weight is 384 g/mol. The van der Waals surface area contributed by atoms with E-state index in [0.29, 0.717) is 0 Å². The minimum absolute atomic E-state index is 0. The van der Waals surface area contributed by atoms with Gasteiger partial charge in [0.2, 0.25) is 0 Å². The van der Waals surface area contributed by atoms with Crippen LogP contribution in [0, 0.1) is 5.92 Å². The van der Waals surface area contributed by atoms with Gasteiger partial charge in [-0.15, -0.1) is 24.0 Å². The van der Waals surface area contributed by atoms with Crippen molar-refractivity contribution >= 4 is 41.7 Å². The molecule has 0 amide bonds. The van der Waals surface area contributed by atoms with Gasteiger partial charge in [-0.25, -0.2) is 0 Å². The summed E-state index contributed by atoms with van der Waals surface area (Å²) >= 11 is 2.00. The third kappa shape index (κ3) is 5.13. The number of rotatable bonds is 2. The zero-order valence-electron chi connectivity index (χ0n) is 11.2. The van der Waals surface area contributed by atoms with E-state index in [-0.39, 0.29) is 24.0 Å². The lowest BCUT2D eigenvalue weighted by Crippen LogP contribution is -2.43. The summed E-state index contributed by atoms with van der Waals surface area (Å²) in [5.41, 5.74) is 6.05. The number of piperidine rings is 1. The molecule has 2 heterocycles. The first-order chi connectivity index (χ1) is 8.25. The van der Waals surface area contributed by atoms with Crippen LogP contribution in [0.1, 0.15) is 12.8 Å². The first-order valence-electron chi connectivity index (χ1n) is 6.57. The minimum atomic E-state index is 0. The van der Waals surface area contributed by atoms with Crippen molar-refractivity contribution < 1.29 is 0 Å². The predicted octanol–water partition coefficient (Wildman–Crippen LogP) is 1.31. The first-order valence-corrected chi connectivity index (χ1v) is 7.72. The van der Waals surface area contributed by atoms with E-state index in [1.807, 2.05) is 11.8 Å². The van der Waals surface area contributed by atoms with E-state index in [1.165, 1.54) is 37.4 Å². The molecule has 6 heteroatoms. The molecule has 2 saturated heterocycles. The van der Waals surface area contributed by atoms with Crippen molar-refractivity contribution in [3.63, 3.8) is 0 Å². The van der Waals surface area contributed by atoms with Crippen LogP contribution in [0.15, 0.2) is 4.99 Å². The lowest BCUT2D eigenvalue weighted by atomic mass is 9.97. The topological polar surface area (TPSA) is 44.9 Å². The molecule has 0 bridgehead atoms. The molecule has 4 nitrogen and oxygen atoms in total. The fourth-order valence-corrected chi connectivity index (χ4v) is 3.26. The largest absolute Gasteiger partial charge is 0.370 e. The molecule has 18 heavy (non-hydrogen) atoms. The molecule has 0 unspecified atom stereocenters. The molecule has 0 radical (unpaired) electrons. The van der Waals surface area contributed by atoms with Crippen molar-refractivity contribution in [3.05, 3.63) is 0 Å². The maximum atomic E-state index is 6.05. The van der Waals surface area contributed by atoms with Gasteiger partial charge in [0.25, 0.3) is 0 Å². The number of halogens is 1. The van der Waals surface area contributed by atoms with Crippen LogP contribution in [0.4, 0.5) is 0 Å². The van der Waals surface area contributed by atoms with E-state index in [2.05, 4.69) is 21.8 Å². The molecule has 2 fully saturated rings. The molecule has 2 aliphatic rings. The molecule has 0 saturated carbocycles. The quantitative estimate of drug-likeness (QED) is 0.443. The number of nitrogens with two attached hydrogens (primary N) is 1. The molecule has 106 valence electrons. The zero-order valence-corrected chi connectivity index (χ0v) is 14.3. The standard InChI is InChI=1S/C12H24N4S.HI/c1-15-4-2-11(3-5-15)10-14-12(13)16-6-8-17-9-7-16;/h11H,2-10H2,1H3,(H2,13,14);1H. The molecule has 0 aromatic rings. The Morgan fingerprint density at radius 3 is 2.44 bits per heavy atom. The highest BCUT2D eigenvalue weighted by Crippen LogP contribution is 2.16. The van der Waals surface area contributed by atoms with Gasteiger partial charge >= 0.3 is 0 Å². The van der Waals surface area contributed by atoms with Crippen LogP contribution >= 0.6 is 35.7 Å². The van der Waals surface area contributed by atoms with Crippen molar-refractivity contribution in [1.82, 2.24) is 9.80 Å². The van der Waals surface area contributed by atoms with Gasteiger partial charge in [0.15, 0.2) is 5.96 Å². The number of hydrogen-bond acceptors (Lipinski definition) is 3. The number of likely N-dealkylation sites (tertiary alicyclic amines) is 1. The summed E-state index contributed by atoms with van der Waals surface area (Å²) in [6.45, 7) is 5.46. The van der Waals surface area contributed by atoms with Crippen LogP contribution in [0.2, 0.25) is 0 Å². The predicted molar refractivity (Wildman–Crippen MR) is 91.0 cm³/mol. The van der Waals surface area contributed by atoms with Gasteiger partial charge in [0.05, 0.1) is 0 Å². The fraction of sp³-hybridized carbons (Fsp3) is 0.917. The second-order valence-electron chi connectivity index (χ2n) is 5.04. The van der Waals surface area contributed by atoms with Crippen LogP contribution in [0.25, 0.3) is 0 Å². The molecule has 0 aromatic carbocycles. The lowest BCUT2D eigenvalue weighted by molar-refractivity contribution is 0.223. The van der Waals surface area contributed by atoms with Crippen molar-refractivity contribution in [2.24, 2.45) is 16.6 Å². The van der Waals surface area contributed by atoms with E-state index < -0.39 is 0 Å². The Kier molecular flexibility index (Phi) is 7.70. The minimum Gasteiger partial charge on any atom is -0.370 e. The summed E-state index contributed by atoms with van der Waals surface area (Å²) in [7, 11) is 2.19. The molecule has 0 aromatic heterocycles. The Balaban J connectivity index is 0.00000162. The van der Waals surface area contributed by atoms with Crippen molar-refractivity contribution in [1.29, 1.82) is 0 Å². The second kappa shape index (κ2) is 8.47. The van der Waals surface area contributed by atoms with Gasteiger partial charge in [0, 0.05) is 31.1 Å². The molecule has 2 rings (SSSR count). The van der Waals surface area contributed by atoms with E-state index >= 15 is 0 Å². The Bertz CT molecular complexity index is 261. The van der Waals surface area contributed by atoms with E-state index in [4.69, 9.17) is 5.73 Å². The Morgan fingerprint density at radius 1 is 1.22 bits per heavy atom. The average Bonchev–Trinajstić information content (AvgIpc) is 2.39. The SMILES string of the molecule is CN1CCC(CN=C(N)N2CCSCC2)CC1.I. The second-order valence-corrected chi connectivity index (χ2v) is 6.27. The van der Waals surface area contributed by atoms with Gasteiger partial charge < -0.3 is 15.5 Å². The van der Waals surface area contributed by atoms with Crippen LogP contribution in [-0.4, -0.2) is 67.0 Å². The van der Waals surface area contributed by atoms with Gasteiger partial charge in [-0.05, 0) is 38.9 Å². The first kappa shape index (κ1) is 16.4.